The number of carbonyl (C=O) groups excluding carboxylic acids is 2. The number of amides is 1. The number of methoxy groups -OCH3 is 2. The van der Waals surface area contributed by atoms with E-state index in [0.717, 1.165) is 5.56 Å². The van der Waals surface area contributed by atoms with Crippen molar-refractivity contribution in [1.29, 1.82) is 0 Å². The topological polar surface area (TPSA) is 117 Å². The minimum atomic E-state index is -1.16. The number of carbonyl (C=O) groups is 2. The monoisotopic (exact) mass is 388 g/mol. The molecular weight excluding hydrogens is 368 g/mol. The van der Waals surface area contributed by atoms with Gasteiger partial charge in [-0.2, -0.15) is 0 Å². The van der Waals surface area contributed by atoms with Crippen LogP contribution in [0.3, 0.4) is 0 Å². The van der Waals surface area contributed by atoms with Crippen LogP contribution >= 0.6 is 0 Å². The first-order valence-corrected chi connectivity index (χ1v) is 8.28. The molecule has 28 heavy (non-hydrogen) atoms. The fraction of sp³-hybridized carbons (Fsp3) is 0.263. The molecule has 0 aliphatic rings. The number of anilines is 1. The largest absolute Gasteiger partial charge is 0.496 e. The lowest BCUT2D eigenvalue weighted by Crippen LogP contribution is -2.30. The zero-order valence-electron chi connectivity index (χ0n) is 15.6. The van der Waals surface area contributed by atoms with E-state index in [-0.39, 0.29) is 22.7 Å². The summed E-state index contributed by atoms with van der Waals surface area (Å²) in [5.41, 5.74) is 0.800. The number of ether oxygens (including phenoxy) is 3. The lowest BCUT2D eigenvalue weighted by Gasteiger charge is -2.14. The molecule has 2 aromatic carbocycles. The molecule has 0 aliphatic carbocycles. The number of nitrogens with zero attached hydrogens (tertiary/aromatic N) is 1. The van der Waals surface area contributed by atoms with Crippen molar-refractivity contribution in [2.75, 3.05) is 19.5 Å². The molecule has 9 heteroatoms. The molecule has 1 unspecified atom stereocenters. The maximum atomic E-state index is 12.3. The summed E-state index contributed by atoms with van der Waals surface area (Å²) in [7, 11) is 2.94. The quantitative estimate of drug-likeness (QED) is 0.420. The van der Waals surface area contributed by atoms with Gasteiger partial charge in [0.15, 0.2) is 6.10 Å². The van der Waals surface area contributed by atoms with Gasteiger partial charge in [-0.1, -0.05) is 12.1 Å². The minimum Gasteiger partial charge on any atom is -0.496 e. The van der Waals surface area contributed by atoms with Crippen LogP contribution in [0.25, 0.3) is 0 Å². The van der Waals surface area contributed by atoms with E-state index >= 15 is 0 Å². The van der Waals surface area contributed by atoms with Gasteiger partial charge >= 0.3 is 5.97 Å². The predicted molar refractivity (Wildman–Crippen MR) is 100 cm³/mol. The maximum Gasteiger partial charge on any atom is 0.338 e. The Bertz CT molecular complexity index is 865. The van der Waals surface area contributed by atoms with Crippen LogP contribution in [0.5, 0.6) is 5.75 Å². The van der Waals surface area contributed by atoms with Crippen LogP contribution in [-0.4, -0.2) is 37.1 Å². The summed E-state index contributed by atoms with van der Waals surface area (Å²) in [6.45, 7) is 1.79. The van der Waals surface area contributed by atoms with Gasteiger partial charge in [-0.3, -0.25) is 14.9 Å². The molecule has 0 aromatic heterocycles. The number of nitro benzene ring substituents is 1. The summed E-state index contributed by atoms with van der Waals surface area (Å²) in [5.74, 6) is -1.10. The minimum absolute atomic E-state index is 0.0254. The van der Waals surface area contributed by atoms with E-state index in [1.165, 1.54) is 32.2 Å². The Morgan fingerprint density at radius 2 is 1.82 bits per heavy atom. The van der Waals surface area contributed by atoms with E-state index in [1.807, 2.05) is 0 Å². The van der Waals surface area contributed by atoms with Crippen molar-refractivity contribution in [2.45, 2.75) is 19.6 Å². The van der Waals surface area contributed by atoms with Crippen molar-refractivity contribution in [3.63, 3.8) is 0 Å². The first-order valence-electron chi connectivity index (χ1n) is 8.28. The van der Waals surface area contributed by atoms with Crippen LogP contribution in [0.2, 0.25) is 0 Å². The molecule has 0 aliphatic heterocycles. The summed E-state index contributed by atoms with van der Waals surface area (Å²) in [4.78, 5) is 35.0. The van der Waals surface area contributed by atoms with Gasteiger partial charge in [0.2, 0.25) is 0 Å². The summed E-state index contributed by atoms with van der Waals surface area (Å²) >= 11 is 0. The Hall–Kier alpha value is -3.46. The van der Waals surface area contributed by atoms with E-state index in [9.17, 15) is 19.7 Å². The van der Waals surface area contributed by atoms with Crippen LogP contribution in [-0.2, 0) is 20.9 Å². The summed E-state index contributed by atoms with van der Waals surface area (Å²) in [6, 6.07) is 10.6. The van der Waals surface area contributed by atoms with E-state index < -0.39 is 22.9 Å². The molecular formula is C19H20N2O7. The first kappa shape index (κ1) is 20.8. The Morgan fingerprint density at radius 1 is 1.14 bits per heavy atom. The maximum absolute atomic E-state index is 12.3. The second kappa shape index (κ2) is 9.47. The van der Waals surface area contributed by atoms with Crippen molar-refractivity contribution in [2.24, 2.45) is 0 Å². The van der Waals surface area contributed by atoms with E-state index in [0.29, 0.717) is 6.61 Å². The first-order chi connectivity index (χ1) is 13.3. The lowest BCUT2D eigenvalue weighted by molar-refractivity contribution is -0.384. The molecule has 0 fully saturated rings. The Kier molecular flexibility index (Phi) is 7.05. The van der Waals surface area contributed by atoms with Gasteiger partial charge in [0, 0.05) is 7.11 Å². The van der Waals surface area contributed by atoms with Crippen molar-refractivity contribution in [3.05, 3.63) is 63.7 Å². The van der Waals surface area contributed by atoms with Crippen molar-refractivity contribution in [1.82, 2.24) is 0 Å². The van der Waals surface area contributed by atoms with Gasteiger partial charge in [0.25, 0.3) is 11.6 Å². The zero-order valence-corrected chi connectivity index (χ0v) is 15.6. The highest BCUT2D eigenvalue weighted by Gasteiger charge is 2.23. The van der Waals surface area contributed by atoms with Gasteiger partial charge < -0.3 is 19.5 Å². The number of hydrogen-bond donors (Lipinski definition) is 1. The molecule has 0 bridgehead atoms. The molecule has 1 atom stereocenters. The second-order valence-electron chi connectivity index (χ2n) is 5.81. The molecule has 9 nitrogen and oxygen atoms in total. The number of esters is 1. The number of nitro groups is 1. The molecule has 0 radical (unpaired) electrons. The average molecular weight is 388 g/mol. The van der Waals surface area contributed by atoms with Gasteiger partial charge in [-0.15, -0.1) is 0 Å². The van der Waals surface area contributed by atoms with Gasteiger partial charge in [-0.25, -0.2) is 4.79 Å². The Balaban J connectivity index is 2.04. The standard InChI is InChI=1S/C19H20N2O7/c1-12(28-19(23)14-6-4-13(5-7-14)11-26-2)18(22)20-16-9-8-15(27-3)10-17(16)21(24)25/h4-10,12H,11H2,1-3H3,(H,20,22). The summed E-state index contributed by atoms with van der Waals surface area (Å²) in [5, 5.41) is 13.6. The molecule has 1 N–H and O–H groups in total. The molecule has 2 aromatic rings. The Morgan fingerprint density at radius 3 is 2.39 bits per heavy atom. The van der Waals surface area contributed by atoms with Crippen molar-refractivity contribution >= 4 is 23.3 Å². The molecule has 0 heterocycles. The summed E-state index contributed by atoms with van der Waals surface area (Å²) in [6.07, 6.45) is -1.16. The SMILES string of the molecule is COCc1ccc(C(=O)OC(C)C(=O)Nc2ccc(OC)cc2[N+](=O)[O-])cc1. The van der Waals surface area contributed by atoms with Crippen molar-refractivity contribution < 1.29 is 28.7 Å². The van der Waals surface area contributed by atoms with Crippen LogP contribution in [0.4, 0.5) is 11.4 Å². The van der Waals surface area contributed by atoms with E-state index in [2.05, 4.69) is 5.32 Å². The van der Waals surface area contributed by atoms with E-state index in [4.69, 9.17) is 14.2 Å². The molecule has 0 saturated carbocycles. The van der Waals surface area contributed by atoms with Gasteiger partial charge in [0.1, 0.15) is 11.4 Å². The third-order valence-corrected chi connectivity index (χ3v) is 3.81. The highest BCUT2D eigenvalue weighted by atomic mass is 16.6. The highest BCUT2D eigenvalue weighted by molar-refractivity contribution is 5.98. The third kappa shape index (κ3) is 5.27. The van der Waals surface area contributed by atoms with Crippen LogP contribution in [0.15, 0.2) is 42.5 Å². The van der Waals surface area contributed by atoms with E-state index in [1.54, 1.807) is 31.4 Å². The molecule has 2 rings (SSSR count). The van der Waals surface area contributed by atoms with Crippen LogP contribution in [0.1, 0.15) is 22.8 Å². The normalized spacial score (nSPS) is 11.4. The third-order valence-electron chi connectivity index (χ3n) is 3.81. The highest BCUT2D eigenvalue weighted by Crippen LogP contribution is 2.29. The Labute approximate surface area is 161 Å². The molecule has 148 valence electrons. The fourth-order valence-corrected chi connectivity index (χ4v) is 2.32. The zero-order chi connectivity index (χ0) is 20.7. The lowest BCUT2D eigenvalue weighted by atomic mass is 10.1. The predicted octanol–water partition coefficient (Wildman–Crippen LogP) is 2.93. The number of hydrogen-bond acceptors (Lipinski definition) is 7. The molecule has 0 saturated heterocycles. The van der Waals surface area contributed by atoms with Gasteiger partial charge in [0.05, 0.1) is 30.3 Å². The van der Waals surface area contributed by atoms with Crippen LogP contribution in [0, 0.1) is 10.1 Å². The molecule has 0 spiro atoms. The second-order valence-corrected chi connectivity index (χ2v) is 5.81. The summed E-state index contributed by atoms with van der Waals surface area (Å²) < 4.78 is 15.1. The van der Waals surface area contributed by atoms with Crippen molar-refractivity contribution in [3.8, 4) is 5.75 Å². The smallest absolute Gasteiger partial charge is 0.338 e. The number of benzene rings is 2. The number of nitrogens with one attached hydrogen (secondary N) is 1. The fourth-order valence-electron chi connectivity index (χ4n) is 2.32. The average Bonchev–Trinajstić information content (AvgIpc) is 2.68. The number of rotatable bonds is 8. The molecule has 1 amide bonds. The van der Waals surface area contributed by atoms with Gasteiger partial charge in [-0.05, 0) is 36.8 Å². The van der Waals surface area contributed by atoms with Crippen LogP contribution < -0.4 is 10.1 Å².